The van der Waals surface area contributed by atoms with Gasteiger partial charge < -0.3 is 14.7 Å². The van der Waals surface area contributed by atoms with Gasteiger partial charge in [-0.25, -0.2) is 0 Å². The van der Waals surface area contributed by atoms with Crippen LogP contribution in [0, 0.1) is 0 Å². The Morgan fingerprint density at radius 2 is 1.71 bits per heavy atom. The quantitative estimate of drug-likeness (QED) is 0.721. The van der Waals surface area contributed by atoms with Crippen LogP contribution < -0.4 is 9.64 Å². The fourth-order valence-electron chi connectivity index (χ4n) is 3.83. The van der Waals surface area contributed by atoms with Crippen LogP contribution in [0.1, 0.15) is 39.5 Å². The number of carbonyl (C=O) groups excluding carboxylic acids is 2. The molecule has 1 aromatic rings. The zero-order valence-electron chi connectivity index (χ0n) is 16.9. The Morgan fingerprint density at radius 1 is 1.04 bits per heavy atom. The number of hydrogen-bond donors (Lipinski definition) is 1. The number of nitrogens with zero attached hydrogens (tertiary/aromatic N) is 3. The average molecular weight is 389 g/mol. The van der Waals surface area contributed by atoms with E-state index in [1.54, 1.807) is 6.07 Å². The summed E-state index contributed by atoms with van der Waals surface area (Å²) in [6.45, 7) is 8.80. The monoisotopic (exact) mass is 389 g/mol. The lowest BCUT2D eigenvalue weighted by atomic mass is 10.1. The SMILES string of the molecule is CC(C)Oc1c(O)cccc1N1CCN(CCCN2C(=O)CCCC2=O)CC1. The zero-order valence-corrected chi connectivity index (χ0v) is 16.9. The number of piperazine rings is 1. The lowest BCUT2D eigenvalue weighted by molar-refractivity contribution is -0.148. The van der Waals surface area contributed by atoms with Crippen molar-refractivity contribution in [3.05, 3.63) is 18.2 Å². The normalized spacial score (nSPS) is 18.8. The van der Waals surface area contributed by atoms with E-state index in [1.165, 1.54) is 4.90 Å². The lowest BCUT2D eigenvalue weighted by Gasteiger charge is -2.37. The second-order valence-electron chi connectivity index (χ2n) is 7.77. The Hall–Kier alpha value is -2.28. The fraction of sp³-hybridized carbons (Fsp3) is 0.619. The van der Waals surface area contributed by atoms with Crippen molar-refractivity contribution >= 4 is 17.5 Å². The second kappa shape index (κ2) is 9.28. The summed E-state index contributed by atoms with van der Waals surface area (Å²) >= 11 is 0. The molecular weight excluding hydrogens is 358 g/mol. The number of phenolic OH excluding ortho intramolecular Hbond substituents is 1. The minimum absolute atomic E-state index is 0.00597. The lowest BCUT2D eigenvalue weighted by Crippen LogP contribution is -2.47. The van der Waals surface area contributed by atoms with E-state index in [1.807, 2.05) is 26.0 Å². The number of carbonyl (C=O) groups is 2. The minimum Gasteiger partial charge on any atom is -0.504 e. The first-order valence-electron chi connectivity index (χ1n) is 10.2. The number of likely N-dealkylation sites (tertiary alicyclic amines) is 1. The van der Waals surface area contributed by atoms with Crippen LogP contribution in [0.3, 0.4) is 0 Å². The molecule has 0 atom stereocenters. The van der Waals surface area contributed by atoms with Crippen LogP contribution in [0.5, 0.6) is 11.5 Å². The van der Waals surface area contributed by atoms with Gasteiger partial charge in [-0.2, -0.15) is 0 Å². The second-order valence-corrected chi connectivity index (χ2v) is 7.77. The molecule has 2 saturated heterocycles. The van der Waals surface area contributed by atoms with Gasteiger partial charge in [0, 0.05) is 45.6 Å². The van der Waals surface area contributed by atoms with E-state index in [-0.39, 0.29) is 23.7 Å². The summed E-state index contributed by atoms with van der Waals surface area (Å²) < 4.78 is 5.83. The van der Waals surface area contributed by atoms with Crippen LogP contribution in [0.25, 0.3) is 0 Å². The summed E-state index contributed by atoms with van der Waals surface area (Å²) in [6.07, 6.45) is 2.48. The van der Waals surface area contributed by atoms with Crippen molar-refractivity contribution in [3.63, 3.8) is 0 Å². The third-order valence-corrected chi connectivity index (χ3v) is 5.28. The van der Waals surface area contributed by atoms with Gasteiger partial charge in [-0.1, -0.05) is 6.07 Å². The van der Waals surface area contributed by atoms with Gasteiger partial charge in [0.05, 0.1) is 11.8 Å². The van der Waals surface area contributed by atoms with Gasteiger partial charge in [-0.05, 0) is 45.4 Å². The predicted octanol–water partition coefficient (Wildman–Crippen LogP) is 2.23. The first-order chi connectivity index (χ1) is 13.5. The van der Waals surface area contributed by atoms with Crippen LogP contribution in [-0.4, -0.2) is 72.1 Å². The Balaban J connectivity index is 1.49. The van der Waals surface area contributed by atoms with Crippen molar-refractivity contribution in [2.24, 2.45) is 0 Å². The third kappa shape index (κ3) is 4.95. The van der Waals surface area contributed by atoms with Crippen LogP contribution in [0.15, 0.2) is 18.2 Å². The standard InChI is InChI=1S/C21H31N3O4/c1-16(2)28-21-17(6-3-7-18(21)25)23-14-12-22(13-15-23)10-5-11-24-19(26)8-4-9-20(24)27/h3,6-7,16,25H,4-5,8-15H2,1-2H3. The van der Waals surface area contributed by atoms with Crippen molar-refractivity contribution in [3.8, 4) is 11.5 Å². The maximum Gasteiger partial charge on any atom is 0.229 e. The van der Waals surface area contributed by atoms with Gasteiger partial charge in [0.25, 0.3) is 0 Å². The molecule has 28 heavy (non-hydrogen) atoms. The molecule has 0 radical (unpaired) electrons. The third-order valence-electron chi connectivity index (χ3n) is 5.28. The number of hydrogen-bond acceptors (Lipinski definition) is 6. The highest BCUT2D eigenvalue weighted by Crippen LogP contribution is 2.37. The molecule has 7 heteroatoms. The molecule has 154 valence electrons. The van der Waals surface area contributed by atoms with Crippen LogP contribution >= 0.6 is 0 Å². The number of anilines is 1. The molecule has 0 aliphatic carbocycles. The molecule has 0 aromatic heterocycles. The molecule has 2 fully saturated rings. The smallest absolute Gasteiger partial charge is 0.229 e. The maximum absolute atomic E-state index is 11.9. The number of para-hydroxylation sites is 1. The topological polar surface area (TPSA) is 73.3 Å². The maximum atomic E-state index is 11.9. The molecule has 0 bridgehead atoms. The van der Waals surface area contributed by atoms with Gasteiger partial charge in [-0.3, -0.25) is 19.4 Å². The number of benzene rings is 1. The van der Waals surface area contributed by atoms with Crippen molar-refractivity contribution in [1.82, 2.24) is 9.80 Å². The number of ether oxygens (including phenoxy) is 1. The van der Waals surface area contributed by atoms with Gasteiger partial charge in [0.15, 0.2) is 11.5 Å². The van der Waals surface area contributed by atoms with Crippen molar-refractivity contribution < 1.29 is 19.4 Å². The Bertz CT molecular complexity index is 683. The summed E-state index contributed by atoms with van der Waals surface area (Å²) in [5, 5.41) is 10.2. The van der Waals surface area contributed by atoms with Gasteiger partial charge >= 0.3 is 0 Å². The van der Waals surface area contributed by atoms with Crippen molar-refractivity contribution in [2.75, 3.05) is 44.2 Å². The molecule has 2 aliphatic rings. The van der Waals surface area contributed by atoms with E-state index in [4.69, 9.17) is 4.74 Å². The van der Waals surface area contributed by atoms with Crippen molar-refractivity contribution in [1.29, 1.82) is 0 Å². The Labute approximate surface area is 166 Å². The van der Waals surface area contributed by atoms with Gasteiger partial charge in [-0.15, -0.1) is 0 Å². The fourth-order valence-corrected chi connectivity index (χ4v) is 3.83. The Kier molecular flexibility index (Phi) is 6.78. The molecule has 2 heterocycles. The van der Waals surface area contributed by atoms with Crippen LogP contribution in [0.2, 0.25) is 0 Å². The molecule has 1 N–H and O–H groups in total. The molecule has 7 nitrogen and oxygen atoms in total. The van der Waals surface area contributed by atoms with E-state index in [9.17, 15) is 14.7 Å². The summed E-state index contributed by atoms with van der Waals surface area (Å²) in [5.74, 6) is 0.669. The first kappa shape index (κ1) is 20.5. The average Bonchev–Trinajstić information content (AvgIpc) is 2.66. The Morgan fingerprint density at radius 3 is 2.36 bits per heavy atom. The number of piperidine rings is 1. The minimum atomic E-state index is -0.0253. The highest BCUT2D eigenvalue weighted by molar-refractivity contribution is 5.97. The molecule has 3 rings (SSSR count). The van der Waals surface area contributed by atoms with E-state index in [2.05, 4.69) is 9.80 Å². The van der Waals surface area contributed by atoms with Gasteiger partial charge in [0.2, 0.25) is 11.8 Å². The van der Waals surface area contributed by atoms with E-state index < -0.39 is 0 Å². The molecule has 0 spiro atoms. The largest absolute Gasteiger partial charge is 0.504 e. The van der Waals surface area contributed by atoms with E-state index >= 15 is 0 Å². The molecule has 0 saturated carbocycles. The predicted molar refractivity (Wildman–Crippen MR) is 108 cm³/mol. The molecule has 0 unspecified atom stereocenters. The molecular formula is C21H31N3O4. The molecule has 2 amide bonds. The number of amides is 2. The highest BCUT2D eigenvalue weighted by atomic mass is 16.5. The summed E-state index contributed by atoms with van der Waals surface area (Å²) in [6, 6.07) is 5.48. The summed E-state index contributed by atoms with van der Waals surface area (Å²) in [7, 11) is 0. The summed E-state index contributed by atoms with van der Waals surface area (Å²) in [5.41, 5.74) is 0.929. The number of phenols is 1. The van der Waals surface area contributed by atoms with Gasteiger partial charge in [0.1, 0.15) is 0 Å². The van der Waals surface area contributed by atoms with E-state index in [0.29, 0.717) is 31.6 Å². The van der Waals surface area contributed by atoms with Crippen LogP contribution in [-0.2, 0) is 9.59 Å². The molecule has 1 aromatic carbocycles. The first-order valence-corrected chi connectivity index (χ1v) is 10.2. The summed E-state index contributed by atoms with van der Waals surface area (Å²) in [4.78, 5) is 29.8. The van der Waals surface area contributed by atoms with E-state index in [0.717, 1.165) is 44.8 Å². The number of imide groups is 1. The zero-order chi connectivity index (χ0) is 20.1. The van der Waals surface area contributed by atoms with Crippen LogP contribution in [0.4, 0.5) is 5.69 Å². The highest BCUT2D eigenvalue weighted by Gasteiger charge is 2.26. The number of rotatable bonds is 7. The van der Waals surface area contributed by atoms with Crippen molar-refractivity contribution in [2.45, 2.75) is 45.6 Å². The molecule has 2 aliphatic heterocycles. The number of aromatic hydroxyl groups is 1.